The predicted octanol–water partition coefficient (Wildman–Crippen LogP) is 5.23. The van der Waals surface area contributed by atoms with Gasteiger partial charge in [0.25, 0.3) is 5.56 Å². The Morgan fingerprint density at radius 1 is 1.10 bits per heavy atom. The molecule has 0 atom stereocenters. The number of ether oxygens (including phenoxy) is 2. The van der Waals surface area contributed by atoms with E-state index in [0.717, 1.165) is 40.6 Å². The summed E-state index contributed by atoms with van der Waals surface area (Å²) in [5.41, 5.74) is 3.16. The number of methoxy groups -OCH3 is 1. The molecule has 2 aromatic heterocycles. The molecule has 6 heteroatoms. The van der Waals surface area contributed by atoms with E-state index in [1.54, 1.807) is 18.4 Å². The molecule has 0 spiro atoms. The lowest BCUT2D eigenvalue weighted by Gasteiger charge is -2.11. The van der Waals surface area contributed by atoms with Gasteiger partial charge in [-0.05, 0) is 54.2 Å². The average Bonchev–Trinajstić information content (AvgIpc) is 3.38. The van der Waals surface area contributed by atoms with Crippen molar-refractivity contribution in [3.8, 4) is 11.5 Å². The Kier molecular flexibility index (Phi) is 5.30. The van der Waals surface area contributed by atoms with Crippen molar-refractivity contribution in [2.45, 2.75) is 25.9 Å². The van der Waals surface area contributed by atoms with E-state index in [9.17, 15) is 4.79 Å². The smallest absolute Gasteiger partial charge is 0.260 e. The Labute approximate surface area is 184 Å². The van der Waals surface area contributed by atoms with E-state index in [1.807, 2.05) is 60.7 Å². The molecule has 31 heavy (non-hydrogen) atoms. The number of nitrogens with one attached hydrogen (secondary N) is 1. The molecule has 0 amide bonds. The second-order valence-electron chi connectivity index (χ2n) is 7.51. The highest BCUT2D eigenvalue weighted by atomic mass is 32.1. The Morgan fingerprint density at radius 2 is 1.97 bits per heavy atom. The zero-order chi connectivity index (χ0) is 21.2. The quantitative estimate of drug-likeness (QED) is 0.455. The lowest BCUT2D eigenvalue weighted by molar-refractivity contribution is 0.284. The summed E-state index contributed by atoms with van der Waals surface area (Å²) in [6.07, 6.45) is 6.91. The third-order valence-electron chi connectivity index (χ3n) is 5.45. The van der Waals surface area contributed by atoms with E-state index in [1.165, 1.54) is 10.4 Å². The molecule has 2 aromatic carbocycles. The van der Waals surface area contributed by atoms with Crippen molar-refractivity contribution < 1.29 is 9.47 Å². The number of nitrogens with zero attached hydrogens (tertiary/aromatic N) is 1. The van der Waals surface area contributed by atoms with Crippen LogP contribution in [-0.4, -0.2) is 17.1 Å². The first-order chi connectivity index (χ1) is 15.2. The van der Waals surface area contributed by atoms with Crippen LogP contribution in [0.2, 0.25) is 0 Å². The number of hydrogen-bond donors (Lipinski definition) is 1. The zero-order valence-corrected chi connectivity index (χ0v) is 18.0. The molecule has 0 saturated heterocycles. The van der Waals surface area contributed by atoms with Gasteiger partial charge < -0.3 is 14.5 Å². The second-order valence-corrected chi connectivity index (χ2v) is 8.59. The van der Waals surface area contributed by atoms with Crippen LogP contribution in [0.1, 0.15) is 33.8 Å². The van der Waals surface area contributed by atoms with E-state index in [-0.39, 0.29) is 5.56 Å². The molecular formula is C25H22N2O3S. The van der Waals surface area contributed by atoms with Crippen LogP contribution in [0.4, 0.5) is 0 Å². The predicted molar refractivity (Wildman–Crippen MR) is 125 cm³/mol. The number of hydrogen-bond acceptors (Lipinski definition) is 5. The fraction of sp³-hybridized carbons (Fsp3) is 0.200. The fourth-order valence-electron chi connectivity index (χ4n) is 3.92. The molecule has 0 unspecified atom stereocenters. The first-order valence-corrected chi connectivity index (χ1v) is 11.1. The minimum atomic E-state index is -0.0503. The van der Waals surface area contributed by atoms with Crippen LogP contribution in [0.3, 0.4) is 0 Å². The van der Waals surface area contributed by atoms with Gasteiger partial charge in [-0.3, -0.25) is 4.79 Å². The van der Waals surface area contributed by atoms with Gasteiger partial charge in [0.05, 0.1) is 12.5 Å². The van der Waals surface area contributed by atoms with Crippen molar-refractivity contribution >= 4 is 33.7 Å². The van der Waals surface area contributed by atoms with E-state index < -0.39 is 0 Å². The maximum absolute atomic E-state index is 12.6. The number of aryl methyl sites for hydroxylation is 2. The molecule has 2 heterocycles. The number of rotatable bonds is 6. The molecule has 156 valence electrons. The fourth-order valence-corrected chi connectivity index (χ4v) is 5.19. The lowest BCUT2D eigenvalue weighted by Crippen LogP contribution is -2.09. The summed E-state index contributed by atoms with van der Waals surface area (Å²) < 4.78 is 11.4. The molecule has 0 fully saturated rings. The van der Waals surface area contributed by atoms with Crippen LogP contribution in [0, 0.1) is 0 Å². The molecule has 5 rings (SSSR count). The van der Waals surface area contributed by atoms with Gasteiger partial charge in [-0.15, -0.1) is 11.3 Å². The Balaban J connectivity index is 1.40. The first-order valence-electron chi connectivity index (χ1n) is 10.3. The van der Waals surface area contributed by atoms with Gasteiger partial charge in [0.15, 0.2) is 11.5 Å². The summed E-state index contributed by atoms with van der Waals surface area (Å²) in [4.78, 5) is 22.4. The van der Waals surface area contributed by atoms with E-state index >= 15 is 0 Å². The molecular weight excluding hydrogens is 408 g/mol. The average molecular weight is 431 g/mol. The van der Waals surface area contributed by atoms with Crippen LogP contribution in [-0.2, 0) is 19.4 Å². The molecule has 4 aromatic rings. The summed E-state index contributed by atoms with van der Waals surface area (Å²) in [5, 5.41) is 0.774. The largest absolute Gasteiger partial charge is 0.493 e. The Hall–Kier alpha value is -3.38. The molecule has 0 radical (unpaired) electrons. The van der Waals surface area contributed by atoms with Gasteiger partial charge in [0, 0.05) is 4.88 Å². The normalized spacial score (nSPS) is 13.1. The maximum Gasteiger partial charge on any atom is 0.260 e. The molecule has 1 aliphatic rings. The first kappa shape index (κ1) is 19.6. The number of fused-ring (bicyclic) bond motifs is 3. The highest BCUT2D eigenvalue weighted by molar-refractivity contribution is 7.18. The van der Waals surface area contributed by atoms with Gasteiger partial charge in [-0.2, -0.15) is 0 Å². The molecule has 0 bridgehead atoms. The topological polar surface area (TPSA) is 64.2 Å². The molecule has 0 aliphatic heterocycles. The van der Waals surface area contributed by atoms with Gasteiger partial charge >= 0.3 is 0 Å². The zero-order valence-electron chi connectivity index (χ0n) is 17.2. The number of thiophene rings is 1. The Bertz CT molecular complexity index is 1320. The summed E-state index contributed by atoms with van der Waals surface area (Å²) >= 11 is 1.65. The van der Waals surface area contributed by atoms with Crippen LogP contribution in [0.15, 0.2) is 53.3 Å². The minimum absolute atomic E-state index is 0.0503. The molecule has 1 N–H and O–H groups in total. The minimum Gasteiger partial charge on any atom is -0.493 e. The maximum atomic E-state index is 12.6. The van der Waals surface area contributed by atoms with E-state index in [2.05, 4.69) is 9.97 Å². The summed E-state index contributed by atoms with van der Waals surface area (Å²) in [6, 6.07) is 15.8. The standard InChI is InChI=1S/C25H22N2O3S/c1-29-19-12-10-16(14-20(19)30-15-17-6-3-2-4-7-17)11-13-22-26-24(28)23-18-8-5-9-21(18)31-25(23)27-22/h2-4,6-7,10-14H,5,8-9,15H2,1H3,(H,26,27,28)/b13-11+. The molecule has 1 aliphatic carbocycles. The van der Waals surface area contributed by atoms with Crippen molar-refractivity contribution in [2.75, 3.05) is 7.11 Å². The van der Waals surface area contributed by atoms with E-state index in [0.29, 0.717) is 23.9 Å². The van der Waals surface area contributed by atoms with Gasteiger partial charge in [-0.25, -0.2) is 4.98 Å². The van der Waals surface area contributed by atoms with Gasteiger partial charge in [0.2, 0.25) is 0 Å². The van der Waals surface area contributed by atoms with Crippen molar-refractivity contribution in [3.05, 3.63) is 86.3 Å². The summed E-state index contributed by atoms with van der Waals surface area (Å²) in [6.45, 7) is 0.457. The molecule has 0 saturated carbocycles. The Morgan fingerprint density at radius 3 is 2.81 bits per heavy atom. The van der Waals surface area contributed by atoms with Crippen LogP contribution < -0.4 is 15.0 Å². The van der Waals surface area contributed by atoms with Gasteiger partial charge in [-0.1, -0.05) is 42.5 Å². The number of aromatic nitrogens is 2. The number of H-pyrrole nitrogens is 1. The van der Waals surface area contributed by atoms with Crippen molar-refractivity contribution in [3.63, 3.8) is 0 Å². The highest BCUT2D eigenvalue weighted by Crippen LogP contribution is 2.34. The third-order valence-corrected chi connectivity index (χ3v) is 6.64. The lowest BCUT2D eigenvalue weighted by atomic mass is 10.1. The highest BCUT2D eigenvalue weighted by Gasteiger charge is 2.20. The molecule has 5 nitrogen and oxygen atoms in total. The van der Waals surface area contributed by atoms with Crippen molar-refractivity contribution in [1.29, 1.82) is 0 Å². The van der Waals surface area contributed by atoms with E-state index in [4.69, 9.17) is 9.47 Å². The summed E-state index contributed by atoms with van der Waals surface area (Å²) in [7, 11) is 1.63. The van der Waals surface area contributed by atoms with Crippen LogP contribution in [0.25, 0.3) is 22.4 Å². The number of benzene rings is 2. The SMILES string of the molecule is COc1ccc(/C=C/c2nc3sc4c(c3c(=O)[nH]2)CCC4)cc1OCc1ccccc1. The van der Waals surface area contributed by atoms with Crippen molar-refractivity contribution in [2.24, 2.45) is 0 Å². The number of aromatic amines is 1. The monoisotopic (exact) mass is 430 g/mol. The third kappa shape index (κ3) is 3.99. The van der Waals surface area contributed by atoms with Crippen LogP contribution >= 0.6 is 11.3 Å². The van der Waals surface area contributed by atoms with Gasteiger partial charge in [0.1, 0.15) is 17.3 Å². The summed E-state index contributed by atoms with van der Waals surface area (Å²) in [5.74, 6) is 1.90. The second kappa shape index (κ2) is 8.40. The van der Waals surface area contributed by atoms with Crippen LogP contribution in [0.5, 0.6) is 11.5 Å². The van der Waals surface area contributed by atoms with Crippen molar-refractivity contribution in [1.82, 2.24) is 9.97 Å².